The molecule has 0 aliphatic carbocycles. The fourth-order valence-electron chi connectivity index (χ4n) is 0. The third-order valence-corrected chi connectivity index (χ3v) is 0.512. The van der Waals surface area contributed by atoms with Crippen molar-refractivity contribution in [3.05, 3.63) is 12.7 Å². The Bertz CT molecular complexity index is 31.9. The molecule has 0 aliphatic rings. The summed E-state index contributed by atoms with van der Waals surface area (Å²) in [6, 6.07) is 0. The van der Waals surface area contributed by atoms with E-state index in [2.05, 4.69) is 13.5 Å². The molecule has 0 fully saturated rings. The Morgan fingerprint density at radius 2 is 1.45 bits per heavy atom. The van der Waals surface area contributed by atoms with Crippen molar-refractivity contribution in [2.24, 2.45) is 0 Å². The monoisotopic (exact) mass is 162 g/mol. The van der Waals surface area contributed by atoms with E-state index in [9.17, 15) is 0 Å². The molecule has 0 aromatic rings. The standard InChI is InChI=1S/C4H8.C3H8O.C2H6.CH4/c1-3-4-2;1-2-3-4;1-2;/h3H,1,4H2,2H3;4H,2-3H2,1H3;1-2H3;1H4. The van der Waals surface area contributed by atoms with Gasteiger partial charge < -0.3 is 5.11 Å². The molecule has 0 saturated carbocycles. The highest BCUT2D eigenvalue weighted by Gasteiger charge is 1.57. The number of hydrogen-bond donors (Lipinski definition) is 1. The Morgan fingerprint density at radius 3 is 1.45 bits per heavy atom. The van der Waals surface area contributed by atoms with Crippen LogP contribution in [0.2, 0.25) is 0 Å². The van der Waals surface area contributed by atoms with Gasteiger partial charge in [-0.2, -0.15) is 0 Å². The van der Waals surface area contributed by atoms with E-state index < -0.39 is 0 Å². The SMILES string of the molecule is C.C=CCC.CC.CCCO. The maximum Gasteiger partial charge on any atom is 0.0428 e. The fourth-order valence-corrected chi connectivity index (χ4v) is 0. The molecule has 0 heterocycles. The van der Waals surface area contributed by atoms with Crippen LogP contribution in [0.25, 0.3) is 0 Å². The summed E-state index contributed by atoms with van der Waals surface area (Å²) < 4.78 is 0. The van der Waals surface area contributed by atoms with Crippen molar-refractivity contribution < 1.29 is 5.11 Å². The molecule has 0 radical (unpaired) electrons. The molecule has 0 aromatic carbocycles. The normalized spacial score (nSPS) is 5.55. The maximum atomic E-state index is 7.88. The molecule has 0 atom stereocenters. The van der Waals surface area contributed by atoms with E-state index in [-0.39, 0.29) is 7.43 Å². The van der Waals surface area contributed by atoms with Crippen molar-refractivity contribution in [1.82, 2.24) is 0 Å². The van der Waals surface area contributed by atoms with Crippen molar-refractivity contribution in [1.29, 1.82) is 0 Å². The van der Waals surface area contributed by atoms with Gasteiger partial charge in [-0.25, -0.2) is 0 Å². The van der Waals surface area contributed by atoms with E-state index in [0.717, 1.165) is 12.8 Å². The third-order valence-electron chi connectivity index (χ3n) is 0.512. The Hall–Kier alpha value is -0.300. The molecule has 1 N–H and O–H groups in total. The maximum absolute atomic E-state index is 7.88. The zero-order valence-corrected chi connectivity index (χ0v) is 7.85. The Morgan fingerprint density at radius 1 is 1.27 bits per heavy atom. The third kappa shape index (κ3) is 199. The highest BCUT2D eigenvalue weighted by Crippen LogP contribution is 1.66. The van der Waals surface area contributed by atoms with Crippen LogP contribution in [0.3, 0.4) is 0 Å². The van der Waals surface area contributed by atoms with Gasteiger partial charge in [-0.1, -0.05) is 41.2 Å². The molecule has 0 bridgehead atoms. The number of aliphatic hydroxyl groups is 1. The van der Waals surface area contributed by atoms with Gasteiger partial charge in [0.05, 0.1) is 0 Å². The molecule has 0 spiro atoms. The second-order valence-corrected chi connectivity index (χ2v) is 1.42. The van der Waals surface area contributed by atoms with Crippen LogP contribution in [0.15, 0.2) is 12.7 Å². The van der Waals surface area contributed by atoms with Gasteiger partial charge in [0.1, 0.15) is 0 Å². The zero-order chi connectivity index (χ0) is 8.83. The minimum atomic E-state index is 0. The fraction of sp³-hybridized carbons (Fsp3) is 0.800. The largest absolute Gasteiger partial charge is 0.396 e. The van der Waals surface area contributed by atoms with E-state index in [1.54, 1.807) is 0 Å². The zero-order valence-electron chi connectivity index (χ0n) is 7.85. The molecule has 0 unspecified atom stereocenters. The Labute approximate surface area is 73.1 Å². The summed E-state index contributed by atoms with van der Waals surface area (Å²) in [6.07, 6.45) is 3.83. The summed E-state index contributed by atoms with van der Waals surface area (Å²) in [5.41, 5.74) is 0. The van der Waals surface area contributed by atoms with Crippen LogP contribution >= 0.6 is 0 Å². The van der Waals surface area contributed by atoms with Crippen LogP contribution < -0.4 is 0 Å². The molecule has 1 heteroatoms. The lowest BCUT2D eigenvalue weighted by molar-refractivity contribution is 0.295. The number of hydrogen-bond acceptors (Lipinski definition) is 1. The predicted molar refractivity (Wildman–Crippen MR) is 55.9 cm³/mol. The first kappa shape index (κ1) is 22.4. The molecule has 0 rings (SSSR count). The Kier molecular flexibility index (Phi) is 109. The van der Waals surface area contributed by atoms with Crippen molar-refractivity contribution in [2.45, 2.75) is 48.0 Å². The summed E-state index contributed by atoms with van der Waals surface area (Å²) in [4.78, 5) is 0. The van der Waals surface area contributed by atoms with Gasteiger partial charge in [0, 0.05) is 6.61 Å². The molecule has 0 aromatic heterocycles. The van der Waals surface area contributed by atoms with E-state index >= 15 is 0 Å². The summed E-state index contributed by atoms with van der Waals surface area (Å²) >= 11 is 0. The van der Waals surface area contributed by atoms with E-state index in [4.69, 9.17) is 5.11 Å². The highest BCUT2D eigenvalue weighted by molar-refractivity contribution is 4.60. The first-order chi connectivity index (χ1) is 4.83. The van der Waals surface area contributed by atoms with Gasteiger partial charge in [0.15, 0.2) is 0 Å². The quantitative estimate of drug-likeness (QED) is 0.615. The van der Waals surface area contributed by atoms with E-state index in [1.807, 2.05) is 26.8 Å². The van der Waals surface area contributed by atoms with Crippen LogP contribution in [-0.4, -0.2) is 11.7 Å². The lowest BCUT2D eigenvalue weighted by atomic mass is 10.5. The average Bonchev–Trinajstić information content (AvgIpc) is 2.08. The smallest absolute Gasteiger partial charge is 0.0428 e. The minimum absolute atomic E-state index is 0. The lowest BCUT2D eigenvalue weighted by Crippen LogP contribution is -1.69. The molecule has 0 saturated heterocycles. The first-order valence-electron chi connectivity index (χ1n) is 4.05. The van der Waals surface area contributed by atoms with Gasteiger partial charge in [-0.15, -0.1) is 6.58 Å². The van der Waals surface area contributed by atoms with Crippen LogP contribution in [0.5, 0.6) is 0 Å². The van der Waals surface area contributed by atoms with Crippen molar-refractivity contribution in [2.75, 3.05) is 6.61 Å². The van der Waals surface area contributed by atoms with E-state index in [0.29, 0.717) is 6.61 Å². The van der Waals surface area contributed by atoms with Crippen LogP contribution in [0, 0.1) is 0 Å². The topological polar surface area (TPSA) is 20.2 Å². The van der Waals surface area contributed by atoms with Gasteiger partial charge in [-0.3, -0.25) is 0 Å². The second-order valence-electron chi connectivity index (χ2n) is 1.42. The molecule has 0 aliphatic heterocycles. The molecule has 11 heavy (non-hydrogen) atoms. The van der Waals surface area contributed by atoms with Crippen molar-refractivity contribution >= 4 is 0 Å². The molecule has 72 valence electrons. The number of rotatable bonds is 2. The van der Waals surface area contributed by atoms with Crippen LogP contribution in [0.4, 0.5) is 0 Å². The lowest BCUT2D eigenvalue weighted by Gasteiger charge is -1.69. The van der Waals surface area contributed by atoms with Crippen LogP contribution in [-0.2, 0) is 0 Å². The second kappa shape index (κ2) is 53.6. The average molecular weight is 162 g/mol. The molecular weight excluding hydrogens is 136 g/mol. The first-order valence-corrected chi connectivity index (χ1v) is 4.05. The molecular formula is C10H26O. The summed E-state index contributed by atoms with van der Waals surface area (Å²) in [6.45, 7) is 11.8. The summed E-state index contributed by atoms with van der Waals surface area (Å²) in [5.74, 6) is 0. The van der Waals surface area contributed by atoms with Gasteiger partial charge in [0.25, 0.3) is 0 Å². The minimum Gasteiger partial charge on any atom is -0.396 e. The van der Waals surface area contributed by atoms with Crippen molar-refractivity contribution in [3.8, 4) is 0 Å². The van der Waals surface area contributed by atoms with Gasteiger partial charge >= 0.3 is 0 Å². The number of allylic oxidation sites excluding steroid dienone is 1. The molecule has 1 nitrogen and oxygen atoms in total. The number of aliphatic hydroxyl groups excluding tert-OH is 1. The van der Waals surface area contributed by atoms with E-state index in [1.165, 1.54) is 0 Å². The molecule has 0 amide bonds. The van der Waals surface area contributed by atoms with Gasteiger partial charge in [0.2, 0.25) is 0 Å². The van der Waals surface area contributed by atoms with Crippen LogP contribution in [0.1, 0.15) is 48.0 Å². The summed E-state index contributed by atoms with van der Waals surface area (Å²) in [5, 5.41) is 7.88. The Balaban J connectivity index is -0.0000000339. The van der Waals surface area contributed by atoms with Gasteiger partial charge in [-0.05, 0) is 12.8 Å². The summed E-state index contributed by atoms with van der Waals surface area (Å²) in [7, 11) is 0. The van der Waals surface area contributed by atoms with Crippen molar-refractivity contribution in [3.63, 3.8) is 0 Å². The highest BCUT2D eigenvalue weighted by atomic mass is 16.2. The predicted octanol–water partition coefficient (Wildman–Crippen LogP) is 3.63.